The van der Waals surface area contributed by atoms with Gasteiger partial charge >= 0.3 is 0 Å². The minimum Gasteiger partial charge on any atom is -0.342 e. The zero-order valence-corrected chi connectivity index (χ0v) is 20.2. The second-order valence-corrected chi connectivity index (χ2v) is 9.73. The summed E-state index contributed by atoms with van der Waals surface area (Å²) in [6, 6.07) is 16.6. The van der Waals surface area contributed by atoms with E-state index in [9.17, 15) is 4.79 Å². The molecule has 0 fully saturated rings. The van der Waals surface area contributed by atoms with Crippen LogP contribution >= 0.6 is 11.8 Å². The Morgan fingerprint density at radius 3 is 2.79 bits per heavy atom. The van der Waals surface area contributed by atoms with Crippen molar-refractivity contribution >= 4 is 50.7 Å². The molecule has 0 saturated carbocycles. The first-order chi connectivity index (χ1) is 16.5. The second kappa shape index (κ2) is 9.43. The number of nitrogens with zero attached hydrogens (tertiary/aromatic N) is 4. The molecular formula is C27H27N5OS. The number of aromatic nitrogens is 1. The lowest BCUT2D eigenvalue weighted by atomic mass is 10.1. The molecule has 0 unspecified atom stereocenters. The SMILES string of the molecule is CCCCCC1=NN2C(=N)/C(=C\c3cn(Cc4cccc(C)c4)c4ccccc34)C(=O)N=C2S1. The third-order valence-corrected chi connectivity index (χ3v) is 7.01. The molecule has 1 aromatic heterocycles. The number of rotatable bonds is 7. The number of amidine groups is 2. The Hall–Kier alpha value is -3.45. The van der Waals surface area contributed by atoms with Crippen LogP contribution in [-0.2, 0) is 11.3 Å². The van der Waals surface area contributed by atoms with Gasteiger partial charge in [-0.1, -0.05) is 67.8 Å². The molecule has 1 amide bonds. The lowest BCUT2D eigenvalue weighted by Crippen LogP contribution is -2.35. The summed E-state index contributed by atoms with van der Waals surface area (Å²) in [5, 5.41) is 17.2. The van der Waals surface area contributed by atoms with Gasteiger partial charge in [0.15, 0.2) is 5.84 Å². The molecule has 6 nitrogen and oxygen atoms in total. The molecule has 0 radical (unpaired) electrons. The van der Waals surface area contributed by atoms with Gasteiger partial charge in [-0.25, -0.2) is 0 Å². The van der Waals surface area contributed by atoms with Crippen LogP contribution in [0.2, 0.25) is 0 Å². The summed E-state index contributed by atoms with van der Waals surface area (Å²) in [5.74, 6) is -0.298. The Kier molecular flexibility index (Phi) is 6.20. The number of thioether (sulfide) groups is 1. The Bertz CT molecular complexity index is 1380. The molecule has 0 aliphatic carbocycles. The topological polar surface area (TPSA) is 73.8 Å². The largest absolute Gasteiger partial charge is 0.342 e. The monoisotopic (exact) mass is 469 g/mol. The minimum atomic E-state index is -0.385. The molecular weight excluding hydrogens is 442 g/mol. The molecule has 7 heteroatoms. The number of carbonyl (C=O) groups is 1. The van der Waals surface area contributed by atoms with Crippen LogP contribution in [-0.4, -0.2) is 31.5 Å². The van der Waals surface area contributed by atoms with E-state index in [0.717, 1.165) is 53.7 Å². The van der Waals surface area contributed by atoms with Crippen molar-refractivity contribution < 1.29 is 4.79 Å². The maximum absolute atomic E-state index is 12.9. The third kappa shape index (κ3) is 4.35. The quantitative estimate of drug-likeness (QED) is 0.331. The van der Waals surface area contributed by atoms with E-state index >= 15 is 0 Å². The van der Waals surface area contributed by atoms with Crippen molar-refractivity contribution in [3.05, 3.63) is 77.0 Å². The van der Waals surface area contributed by atoms with E-state index in [1.807, 2.05) is 12.1 Å². The van der Waals surface area contributed by atoms with E-state index in [1.54, 1.807) is 6.08 Å². The van der Waals surface area contributed by atoms with Gasteiger partial charge in [-0.15, -0.1) is 0 Å². The van der Waals surface area contributed by atoms with E-state index in [4.69, 9.17) is 5.41 Å². The summed E-state index contributed by atoms with van der Waals surface area (Å²) >= 11 is 1.40. The van der Waals surface area contributed by atoms with Crippen molar-refractivity contribution in [1.82, 2.24) is 9.58 Å². The lowest BCUT2D eigenvalue weighted by Gasteiger charge is -2.20. The van der Waals surface area contributed by atoms with Gasteiger partial charge in [-0.3, -0.25) is 10.2 Å². The third-order valence-electron chi connectivity index (χ3n) is 6.05. The van der Waals surface area contributed by atoms with E-state index in [0.29, 0.717) is 5.17 Å². The number of carbonyl (C=O) groups excluding carboxylic acids is 1. The van der Waals surface area contributed by atoms with Crippen molar-refractivity contribution in [3.63, 3.8) is 0 Å². The highest BCUT2D eigenvalue weighted by Gasteiger charge is 2.35. The number of fused-ring (bicyclic) bond motifs is 2. The molecule has 34 heavy (non-hydrogen) atoms. The van der Waals surface area contributed by atoms with Crippen LogP contribution in [0.15, 0.2) is 70.4 Å². The summed E-state index contributed by atoms with van der Waals surface area (Å²) in [4.78, 5) is 17.1. The van der Waals surface area contributed by atoms with Gasteiger partial charge < -0.3 is 4.57 Å². The molecule has 172 valence electrons. The smallest absolute Gasteiger partial charge is 0.283 e. The Labute approximate surface area is 203 Å². The molecule has 0 spiro atoms. The normalized spacial score (nSPS) is 16.9. The molecule has 1 N–H and O–H groups in total. The summed E-state index contributed by atoms with van der Waals surface area (Å²) in [7, 11) is 0. The standard InChI is InChI=1S/C27H27N5OS/c1-3-4-5-13-24-30-32-25(28)22(26(33)29-27(32)34-24)15-20-17-31(23-12-7-6-11-21(20)23)16-19-10-8-9-18(2)14-19/h6-12,14-15,17,28H,3-5,13,16H2,1-2H3/b22-15+,28-25?. The van der Waals surface area contributed by atoms with Gasteiger partial charge in [0.1, 0.15) is 5.04 Å². The number of aliphatic imine (C=N–C) groups is 1. The summed E-state index contributed by atoms with van der Waals surface area (Å²) in [5.41, 5.74) is 4.69. The first-order valence-corrected chi connectivity index (χ1v) is 12.5. The Morgan fingerprint density at radius 2 is 1.97 bits per heavy atom. The van der Waals surface area contributed by atoms with Gasteiger partial charge in [0.2, 0.25) is 5.17 Å². The fourth-order valence-corrected chi connectivity index (χ4v) is 5.27. The van der Waals surface area contributed by atoms with E-state index in [2.05, 4.69) is 71.1 Å². The molecule has 5 rings (SSSR count). The van der Waals surface area contributed by atoms with Crippen molar-refractivity contribution in [3.8, 4) is 0 Å². The molecule has 0 saturated heterocycles. The zero-order valence-electron chi connectivity index (χ0n) is 19.4. The first kappa shape index (κ1) is 22.3. The number of unbranched alkanes of at least 4 members (excludes halogenated alkanes) is 2. The van der Waals surface area contributed by atoms with E-state index in [1.165, 1.54) is 27.9 Å². The number of hydrazone groups is 1. The Balaban J connectivity index is 1.48. The summed E-state index contributed by atoms with van der Waals surface area (Å²) < 4.78 is 2.19. The van der Waals surface area contributed by atoms with E-state index < -0.39 is 0 Å². The zero-order chi connectivity index (χ0) is 23.7. The minimum absolute atomic E-state index is 0.0866. The Morgan fingerprint density at radius 1 is 1.12 bits per heavy atom. The van der Waals surface area contributed by atoms with Gasteiger partial charge in [-0.2, -0.15) is 15.1 Å². The predicted octanol–water partition coefficient (Wildman–Crippen LogP) is 6.20. The average molecular weight is 470 g/mol. The number of hydrogen-bond acceptors (Lipinski definition) is 4. The molecule has 3 aromatic rings. The highest BCUT2D eigenvalue weighted by atomic mass is 32.2. The van der Waals surface area contributed by atoms with Crippen LogP contribution in [0.25, 0.3) is 17.0 Å². The second-order valence-electron chi connectivity index (χ2n) is 8.69. The van der Waals surface area contributed by atoms with Crippen LogP contribution in [0, 0.1) is 12.3 Å². The molecule has 0 bridgehead atoms. The first-order valence-electron chi connectivity index (χ1n) is 11.7. The van der Waals surface area contributed by atoms with Gasteiger partial charge in [-0.05, 0) is 49.2 Å². The number of aryl methyl sites for hydroxylation is 1. The molecule has 2 aliphatic rings. The highest BCUT2D eigenvalue weighted by Crippen LogP contribution is 2.31. The number of nitrogens with one attached hydrogen (secondary N) is 1. The lowest BCUT2D eigenvalue weighted by molar-refractivity contribution is -0.114. The van der Waals surface area contributed by atoms with Crippen molar-refractivity contribution in [2.45, 2.75) is 46.1 Å². The van der Waals surface area contributed by atoms with Crippen LogP contribution in [0.4, 0.5) is 0 Å². The fourth-order valence-electron chi connectivity index (χ4n) is 4.34. The van der Waals surface area contributed by atoms with Crippen LogP contribution in [0.5, 0.6) is 0 Å². The van der Waals surface area contributed by atoms with Crippen molar-refractivity contribution in [2.75, 3.05) is 0 Å². The molecule has 3 heterocycles. The summed E-state index contributed by atoms with van der Waals surface area (Å²) in [6.07, 6.45) is 8.02. The summed E-state index contributed by atoms with van der Waals surface area (Å²) in [6.45, 7) is 4.99. The maximum atomic E-state index is 12.9. The molecule has 2 aromatic carbocycles. The maximum Gasteiger partial charge on any atom is 0.283 e. The number of benzene rings is 2. The number of para-hydroxylation sites is 1. The highest BCUT2D eigenvalue weighted by molar-refractivity contribution is 8.26. The van der Waals surface area contributed by atoms with Crippen molar-refractivity contribution in [1.29, 1.82) is 5.41 Å². The number of amides is 1. The van der Waals surface area contributed by atoms with Gasteiger partial charge in [0, 0.05) is 29.2 Å². The average Bonchev–Trinajstić information content (AvgIpc) is 3.38. The van der Waals surface area contributed by atoms with Gasteiger partial charge in [0.25, 0.3) is 5.91 Å². The van der Waals surface area contributed by atoms with Crippen LogP contribution in [0.1, 0.15) is 49.3 Å². The predicted molar refractivity (Wildman–Crippen MR) is 141 cm³/mol. The van der Waals surface area contributed by atoms with Crippen LogP contribution in [0.3, 0.4) is 0 Å². The molecule has 2 aliphatic heterocycles. The van der Waals surface area contributed by atoms with Crippen LogP contribution < -0.4 is 0 Å². The van der Waals surface area contributed by atoms with E-state index in [-0.39, 0.29) is 17.3 Å². The molecule has 0 atom stereocenters. The fraction of sp³-hybridized carbons (Fsp3) is 0.259. The van der Waals surface area contributed by atoms with Crippen molar-refractivity contribution in [2.24, 2.45) is 10.1 Å². The van der Waals surface area contributed by atoms with Gasteiger partial charge in [0.05, 0.1) is 5.57 Å². The number of hydrogen-bond donors (Lipinski definition) is 1.